The van der Waals surface area contributed by atoms with E-state index < -0.39 is 11.4 Å². The van der Waals surface area contributed by atoms with Crippen molar-refractivity contribution in [1.82, 2.24) is 25.1 Å². The molecule has 3 aromatic rings. The van der Waals surface area contributed by atoms with Gasteiger partial charge in [0.25, 0.3) is 11.8 Å². The van der Waals surface area contributed by atoms with Crippen molar-refractivity contribution in [3.8, 4) is 5.75 Å². The molecule has 1 aromatic heterocycles. The smallest absolute Gasteiger partial charge is 0.273 e. The Morgan fingerprint density at radius 1 is 1.03 bits per heavy atom. The molecule has 9 nitrogen and oxygen atoms in total. The molecule has 188 valence electrons. The first-order valence-corrected chi connectivity index (χ1v) is 12.0. The minimum atomic E-state index is -1.12. The Morgan fingerprint density at radius 2 is 1.69 bits per heavy atom. The molecule has 2 N–H and O–H groups in total. The number of carbonyl (C=O) groups excluding carboxylic acids is 3. The maximum absolute atomic E-state index is 13.6. The van der Waals surface area contributed by atoms with Crippen LogP contribution in [-0.4, -0.2) is 51.4 Å². The van der Waals surface area contributed by atoms with E-state index in [-0.39, 0.29) is 36.3 Å². The second kappa shape index (κ2) is 10.6. The molecule has 0 aliphatic carbocycles. The number of aromatic nitrogens is 2. The Morgan fingerprint density at radius 3 is 2.36 bits per heavy atom. The van der Waals surface area contributed by atoms with E-state index in [1.165, 1.54) is 6.33 Å². The van der Waals surface area contributed by atoms with Crippen LogP contribution in [0.2, 0.25) is 0 Å². The average molecular weight is 490 g/mol. The fraction of sp³-hybridized carbons (Fsp3) is 0.333. The Hall–Kier alpha value is -4.14. The summed E-state index contributed by atoms with van der Waals surface area (Å²) in [5, 5.41) is 5.80. The van der Waals surface area contributed by atoms with Crippen molar-refractivity contribution >= 4 is 17.7 Å². The zero-order valence-electron chi connectivity index (χ0n) is 20.8. The van der Waals surface area contributed by atoms with Gasteiger partial charge in [0.15, 0.2) is 5.69 Å². The molecule has 0 saturated heterocycles. The first-order valence-electron chi connectivity index (χ1n) is 12.0. The first kappa shape index (κ1) is 25.0. The number of methoxy groups -OCH3 is 1. The van der Waals surface area contributed by atoms with Gasteiger partial charge in [-0.3, -0.25) is 14.4 Å². The van der Waals surface area contributed by atoms with Gasteiger partial charge in [-0.25, -0.2) is 4.98 Å². The second-order valence-corrected chi connectivity index (χ2v) is 9.00. The zero-order chi connectivity index (χ0) is 25.7. The molecule has 4 rings (SSSR count). The molecule has 1 aliphatic rings. The van der Waals surface area contributed by atoms with E-state index in [1.54, 1.807) is 23.5 Å². The summed E-state index contributed by atoms with van der Waals surface area (Å²) in [5.74, 6) is -0.349. The van der Waals surface area contributed by atoms with Crippen LogP contribution in [0.4, 0.5) is 0 Å². The van der Waals surface area contributed by atoms with Gasteiger partial charge < -0.3 is 24.8 Å². The molecule has 0 bridgehead atoms. The van der Waals surface area contributed by atoms with Crippen LogP contribution in [0.3, 0.4) is 0 Å². The van der Waals surface area contributed by atoms with E-state index in [1.807, 2.05) is 61.5 Å². The minimum Gasteiger partial charge on any atom is -0.497 e. The third kappa shape index (κ3) is 4.95. The highest BCUT2D eigenvalue weighted by Gasteiger charge is 2.48. The monoisotopic (exact) mass is 489 g/mol. The molecule has 1 aliphatic heterocycles. The summed E-state index contributed by atoms with van der Waals surface area (Å²) in [5.41, 5.74) is 0.994. The first-order chi connectivity index (χ1) is 17.4. The third-order valence-electron chi connectivity index (χ3n) is 6.42. The summed E-state index contributed by atoms with van der Waals surface area (Å²) in [6.45, 7) is 4.93. The predicted molar refractivity (Wildman–Crippen MR) is 134 cm³/mol. The third-order valence-corrected chi connectivity index (χ3v) is 6.42. The maximum Gasteiger partial charge on any atom is 0.273 e. The van der Waals surface area contributed by atoms with Gasteiger partial charge in [0.1, 0.15) is 17.0 Å². The highest BCUT2D eigenvalue weighted by atomic mass is 16.5. The van der Waals surface area contributed by atoms with E-state index >= 15 is 0 Å². The molecule has 36 heavy (non-hydrogen) atoms. The van der Waals surface area contributed by atoms with Crippen LogP contribution in [0.25, 0.3) is 0 Å². The number of nitrogens with zero attached hydrogens (tertiary/aromatic N) is 3. The van der Waals surface area contributed by atoms with Gasteiger partial charge in [-0.15, -0.1) is 0 Å². The number of ether oxygens (including phenoxy) is 1. The number of imidazole rings is 1. The van der Waals surface area contributed by atoms with Crippen LogP contribution in [0.1, 0.15) is 52.4 Å². The van der Waals surface area contributed by atoms with Crippen molar-refractivity contribution in [2.24, 2.45) is 0 Å². The van der Waals surface area contributed by atoms with E-state index in [0.717, 1.165) is 16.9 Å². The highest BCUT2D eigenvalue weighted by molar-refractivity contribution is 6.07. The SMILES string of the molecule is CCCN1C(=O)c2c(C(=O)NCc3ccc(OC)cc3)ncn2CC1(C)C(=O)NCc1ccccc1. The van der Waals surface area contributed by atoms with Crippen molar-refractivity contribution < 1.29 is 19.1 Å². The fourth-order valence-corrected chi connectivity index (χ4v) is 4.41. The minimum absolute atomic E-state index is 0.0568. The van der Waals surface area contributed by atoms with E-state index in [4.69, 9.17) is 4.74 Å². The number of fused-ring (bicyclic) bond motifs is 1. The van der Waals surface area contributed by atoms with Gasteiger partial charge in [-0.1, -0.05) is 49.4 Å². The Labute approximate surface area is 210 Å². The van der Waals surface area contributed by atoms with Gasteiger partial charge >= 0.3 is 0 Å². The Bertz CT molecular complexity index is 1240. The van der Waals surface area contributed by atoms with E-state index in [0.29, 0.717) is 19.5 Å². The van der Waals surface area contributed by atoms with Gasteiger partial charge in [0.2, 0.25) is 5.91 Å². The largest absolute Gasteiger partial charge is 0.497 e. The number of amides is 3. The summed E-state index contributed by atoms with van der Waals surface area (Å²) in [6, 6.07) is 17.0. The van der Waals surface area contributed by atoms with E-state index in [2.05, 4.69) is 15.6 Å². The van der Waals surface area contributed by atoms with Crippen molar-refractivity contribution in [2.45, 2.75) is 45.4 Å². The lowest BCUT2D eigenvalue weighted by Gasteiger charge is -2.43. The molecule has 9 heteroatoms. The maximum atomic E-state index is 13.6. The Kier molecular flexibility index (Phi) is 7.38. The number of rotatable bonds is 9. The summed E-state index contributed by atoms with van der Waals surface area (Å²) in [6.07, 6.45) is 2.13. The second-order valence-electron chi connectivity index (χ2n) is 9.00. The molecular weight excluding hydrogens is 458 g/mol. The van der Waals surface area contributed by atoms with Crippen LogP contribution in [-0.2, 0) is 24.4 Å². The van der Waals surface area contributed by atoms with Gasteiger partial charge in [-0.2, -0.15) is 0 Å². The lowest BCUT2D eigenvalue weighted by molar-refractivity contribution is -0.133. The molecule has 0 spiro atoms. The van der Waals surface area contributed by atoms with Crippen molar-refractivity contribution in [3.63, 3.8) is 0 Å². The van der Waals surface area contributed by atoms with E-state index in [9.17, 15) is 14.4 Å². The van der Waals surface area contributed by atoms with Crippen molar-refractivity contribution in [1.29, 1.82) is 0 Å². The predicted octanol–water partition coefficient (Wildman–Crippen LogP) is 2.76. The molecule has 0 saturated carbocycles. The van der Waals surface area contributed by atoms with Crippen LogP contribution >= 0.6 is 0 Å². The topological polar surface area (TPSA) is 106 Å². The number of carbonyl (C=O) groups is 3. The molecule has 3 amide bonds. The quantitative estimate of drug-likeness (QED) is 0.481. The lowest BCUT2D eigenvalue weighted by Crippen LogP contribution is -2.64. The molecule has 0 fully saturated rings. The number of hydrogen-bond acceptors (Lipinski definition) is 5. The molecule has 2 aromatic carbocycles. The Balaban J connectivity index is 1.52. The molecule has 1 unspecified atom stereocenters. The number of benzene rings is 2. The number of hydrogen-bond donors (Lipinski definition) is 2. The molecule has 0 radical (unpaired) electrons. The van der Waals surface area contributed by atoms with Crippen LogP contribution in [0.5, 0.6) is 5.75 Å². The van der Waals surface area contributed by atoms with Crippen LogP contribution < -0.4 is 15.4 Å². The molecule has 1 atom stereocenters. The standard InChI is InChI=1S/C27H31N5O4/c1-4-14-32-25(34)23-22(24(33)28-15-20-10-12-21(36-3)13-11-20)30-18-31(23)17-27(32,2)26(35)29-16-19-8-6-5-7-9-19/h5-13,18H,4,14-17H2,1-3H3,(H,28,33)(H,29,35). The van der Waals surface area contributed by atoms with Gasteiger partial charge in [0, 0.05) is 19.6 Å². The normalized spacial score (nSPS) is 16.9. The van der Waals surface area contributed by atoms with Gasteiger partial charge in [-0.05, 0) is 36.6 Å². The van der Waals surface area contributed by atoms with Crippen LogP contribution in [0.15, 0.2) is 60.9 Å². The molecule has 2 heterocycles. The van der Waals surface area contributed by atoms with Crippen LogP contribution in [0, 0.1) is 0 Å². The van der Waals surface area contributed by atoms with Gasteiger partial charge in [0.05, 0.1) is 20.0 Å². The fourth-order valence-electron chi connectivity index (χ4n) is 4.41. The van der Waals surface area contributed by atoms with Crippen molar-refractivity contribution in [3.05, 3.63) is 83.4 Å². The molecular formula is C27H31N5O4. The summed E-state index contributed by atoms with van der Waals surface area (Å²) in [4.78, 5) is 45.8. The summed E-state index contributed by atoms with van der Waals surface area (Å²) < 4.78 is 6.77. The highest BCUT2D eigenvalue weighted by Crippen LogP contribution is 2.29. The summed E-state index contributed by atoms with van der Waals surface area (Å²) in [7, 11) is 1.59. The summed E-state index contributed by atoms with van der Waals surface area (Å²) >= 11 is 0. The lowest BCUT2D eigenvalue weighted by atomic mass is 9.94. The number of nitrogens with one attached hydrogen (secondary N) is 2. The zero-order valence-corrected chi connectivity index (χ0v) is 20.8. The average Bonchev–Trinajstić information content (AvgIpc) is 3.33. The van der Waals surface area contributed by atoms with Crippen molar-refractivity contribution in [2.75, 3.05) is 13.7 Å².